The van der Waals surface area contributed by atoms with Gasteiger partial charge in [-0.2, -0.15) is 5.10 Å². The number of pyridine rings is 1. The van der Waals surface area contributed by atoms with Gasteiger partial charge in [0.15, 0.2) is 0 Å². The summed E-state index contributed by atoms with van der Waals surface area (Å²) >= 11 is 0. The normalized spacial score (nSPS) is 10.9. The van der Waals surface area contributed by atoms with Gasteiger partial charge in [0.2, 0.25) is 0 Å². The molecule has 0 saturated carbocycles. The van der Waals surface area contributed by atoms with Crippen molar-refractivity contribution in [3.05, 3.63) is 50.2 Å². The van der Waals surface area contributed by atoms with Gasteiger partial charge in [-0.05, 0) is 33.3 Å². The molecule has 6 heteroatoms. The van der Waals surface area contributed by atoms with E-state index in [1.165, 1.54) is 10.6 Å². The lowest BCUT2D eigenvalue weighted by Gasteiger charge is -2.14. The maximum Gasteiger partial charge on any atom is 0.337 e. The van der Waals surface area contributed by atoms with Crippen LogP contribution in [-0.4, -0.2) is 25.4 Å². The zero-order valence-corrected chi connectivity index (χ0v) is 12.9. The van der Waals surface area contributed by atoms with Crippen molar-refractivity contribution in [1.29, 1.82) is 0 Å². The average Bonchev–Trinajstić information content (AvgIpc) is 2.59. The first-order valence-electron chi connectivity index (χ1n) is 6.67. The van der Waals surface area contributed by atoms with Gasteiger partial charge in [-0.1, -0.05) is 0 Å². The van der Waals surface area contributed by atoms with Gasteiger partial charge in [0, 0.05) is 30.1 Å². The third-order valence-electron chi connectivity index (χ3n) is 3.96. The molecule has 0 spiro atoms. The summed E-state index contributed by atoms with van der Waals surface area (Å²) in [6.07, 6.45) is 0. The van der Waals surface area contributed by atoms with Crippen LogP contribution in [0.4, 0.5) is 0 Å². The van der Waals surface area contributed by atoms with Gasteiger partial charge >= 0.3 is 5.97 Å². The molecule has 21 heavy (non-hydrogen) atoms. The fourth-order valence-electron chi connectivity index (χ4n) is 2.65. The Hall–Kier alpha value is -2.37. The Morgan fingerprint density at radius 3 is 2.33 bits per heavy atom. The van der Waals surface area contributed by atoms with Crippen LogP contribution in [0.5, 0.6) is 0 Å². The fourth-order valence-corrected chi connectivity index (χ4v) is 2.65. The fraction of sp³-hybridized carbons (Fsp3) is 0.400. The molecule has 0 radical (unpaired) electrons. The van der Waals surface area contributed by atoms with Crippen LogP contribution in [-0.2, 0) is 13.6 Å². The highest BCUT2D eigenvalue weighted by molar-refractivity contribution is 5.90. The van der Waals surface area contributed by atoms with Gasteiger partial charge in [-0.15, -0.1) is 0 Å². The quantitative estimate of drug-likeness (QED) is 0.930. The molecule has 2 aromatic heterocycles. The first kappa shape index (κ1) is 15.0. The van der Waals surface area contributed by atoms with E-state index in [0.717, 1.165) is 17.0 Å². The second-order valence-corrected chi connectivity index (χ2v) is 5.29. The number of hydrogen-bond donors (Lipinski definition) is 1. The molecular formula is C15H19N3O3. The topological polar surface area (TPSA) is 77.1 Å². The SMILES string of the molecule is Cc1cc(=O)n(Cc2c(C)nn(C)c2C)c(C)c1C(=O)O. The zero-order valence-electron chi connectivity index (χ0n) is 12.9. The molecule has 2 heterocycles. The molecule has 112 valence electrons. The predicted molar refractivity (Wildman–Crippen MR) is 78.9 cm³/mol. The third-order valence-corrected chi connectivity index (χ3v) is 3.96. The number of carbonyl (C=O) groups is 1. The Morgan fingerprint density at radius 2 is 1.86 bits per heavy atom. The molecule has 0 atom stereocenters. The molecular weight excluding hydrogens is 270 g/mol. The molecule has 2 rings (SSSR count). The van der Waals surface area contributed by atoms with Gasteiger partial charge in [0.25, 0.3) is 5.56 Å². The van der Waals surface area contributed by atoms with Gasteiger partial charge in [-0.3, -0.25) is 9.48 Å². The van der Waals surface area contributed by atoms with E-state index in [9.17, 15) is 14.7 Å². The van der Waals surface area contributed by atoms with Crippen molar-refractivity contribution < 1.29 is 9.90 Å². The summed E-state index contributed by atoms with van der Waals surface area (Å²) in [6, 6.07) is 1.37. The maximum atomic E-state index is 12.2. The maximum absolute atomic E-state index is 12.2. The number of hydrogen-bond acceptors (Lipinski definition) is 3. The van der Waals surface area contributed by atoms with E-state index < -0.39 is 5.97 Å². The summed E-state index contributed by atoms with van der Waals surface area (Å²) in [5, 5.41) is 13.6. The van der Waals surface area contributed by atoms with Gasteiger partial charge in [-0.25, -0.2) is 4.79 Å². The van der Waals surface area contributed by atoms with Crippen molar-refractivity contribution in [2.24, 2.45) is 7.05 Å². The van der Waals surface area contributed by atoms with E-state index in [1.54, 1.807) is 18.5 Å². The van der Waals surface area contributed by atoms with Gasteiger partial charge < -0.3 is 9.67 Å². The van der Waals surface area contributed by atoms with Gasteiger partial charge in [0.05, 0.1) is 17.8 Å². The lowest BCUT2D eigenvalue weighted by molar-refractivity contribution is 0.0694. The van der Waals surface area contributed by atoms with Crippen molar-refractivity contribution >= 4 is 5.97 Å². The Kier molecular flexibility index (Phi) is 3.72. The molecule has 0 aliphatic rings. The van der Waals surface area contributed by atoms with E-state index in [2.05, 4.69) is 5.10 Å². The molecule has 0 aliphatic carbocycles. The number of carboxylic acids is 1. The molecule has 0 unspecified atom stereocenters. The molecule has 2 aromatic rings. The van der Waals surface area contributed by atoms with Crippen LogP contribution in [0.3, 0.4) is 0 Å². The molecule has 6 nitrogen and oxygen atoms in total. The second-order valence-electron chi connectivity index (χ2n) is 5.29. The van der Waals surface area contributed by atoms with E-state index >= 15 is 0 Å². The standard InChI is InChI=1S/C15H19N3O3/c1-8-6-13(19)18(11(4)14(8)15(20)21)7-12-9(2)16-17(5)10(12)3/h6H,7H2,1-5H3,(H,20,21). The van der Waals surface area contributed by atoms with Crippen LogP contribution in [0.2, 0.25) is 0 Å². The number of nitrogens with zero attached hydrogens (tertiary/aromatic N) is 3. The highest BCUT2D eigenvalue weighted by atomic mass is 16.4. The minimum Gasteiger partial charge on any atom is -0.478 e. The Morgan fingerprint density at radius 1 is 1.24 bits per heavy atom. The molecule has 0 aromatic carbocycles. The van der Waals surface area contributed by atoms with Crippen molar-refractivity contribution in [2.75, 3.05) is 0 Å². The number of aryl methyl sites for hydroxylation is 3. The molecule has 0 aliphatic heterocycles. The molecule has 1 N–H and O–H groups in total. The largest absolute Gasteiger partial charge is 0.478 e. The van der Waals surface area contributed by atoms with Crippen LogP contribution in [0.1, 0.15) is 38.6 Å². The van der Waals surface area contributed by atoms with E-state index in [4.69, 9.17) is 0 Å². The summed E-state index contributed by atoms with van der Waals surface area (Å²) in [5.41, 5.74) is 3.71. The Balaban J connectivity index is 2.62. The van der Waals surface area contributed by atoms with Crippen molar-refractivity contribution in [2.45, 2.75) is 34.2 Å². The number of aromatic nitrogens is 3. The zero-order chi connectivity index (χ0) is 15.9. The minimum atomic E-state index is -1.02. The van der Waals surface area contributed by atoms with E-state index in [0.29, 0.717) is 17.8 Å². The second kappa shape index (κ2) is 5.20. The van der Waals surface area contributed by atoms with E-state index in [-0.39, 0.29) is 11.1 Å². The average molecular weight is 289 g/mol. The van der Waals surface area contributed by atoms with E-state index in [1.807, 2.05) is 20.9 Å². The Labute approximate surface area is 122 Å². The lowest BCUT2D eigenvalue weighted by Crippen LogP contribution is -2.26. The Bertz CT molecular complexity index is 784. The monoisotopic (exact) mass is 289 g/mol. The molecule has 0 amide bonds. The third kappa shape index (κ3) is 2.49. The predicted octanol–water partition coefficient (Wildman–Crippen LogP) is 1.56. The van der Waals surface area contributed by atoms with Crippen LogP contribution in [0, 0.1) is 27.7 Å². The summed E-state index contributed by atoms with van der Waals surface area (Å²) in [5.74, 6) is -1.02. The van der Waals surface area contributed by atoms with Crippen LogP contribution >= 0.6 is 0 Å². The number of carboxylic acid groups (broad SMARTS) is 1. The summed E-state index contributed by atoms with van der Waals surface area (Å²) < 4.78 is 3.25. The first-order valence-corrected chi connectivity index (χ1v) is 6.67. The van der Waals surface area contributed by atoms with Crippen LogP contribution < -0.4 is 5.56 Å². The molecule has 0 saturated heterocycles. The molecule has 0 bridgehead atoms. The molecule has 0 fully saturated rings. The summed E-state index contributed by atoms with van der Waals surface area (Å²) in [7, 11) is 1.85. The smallest absolute Gasteiger partial charge is 0.337 e. The number of rotatable bonds is 3. The van der Waals surface area contributed by atoms with Crippen LogP contribution in [0.25, 0.3) is 0 Å². The minimum absolute atomic E-state index is 0.189. The van der Waals surface area contributed by atoms with Crippen molar-refractivity contribution in [3.63, 3.8) is 0 Å². The van der Waals surface area contributed by atoms with Gasteiger partial charge in [0.1, 0.15) is 0 Å². The summed E-state index contributed by atoms with van der Waals surface area (Å²) in [4.78, 5) is 23.6. The highest BCUT2D eigenvalue weighted by Crippen LogP contribution is 2.16. The number of aromatic carboxylic acids is 1. The van der Waals surface area contributed by atoms with Crippen molar-refractivity contribution in [3.8, 4) is 0 Å². The first-order chi connectivity index (χ1) is 9.73. The summed E-state index contributed by atoms with van der Waals surface area (Å²) in [6.45, 7) is 7.45. The van der Waals surface area contributed by atoms with Crippen molar-refractivity contribution in [1.82, 2.24) is 14.3 Å². The highest BCUT2D eigenvalue weighted by Gasteiger charge is 2.18. The lowest BCUT2D eigenvalue weighted by atomic mass is 10.1. The van der Waals surface area contributed by atoms with Crippen LogP contribution in [0.15, 0.2) is 10.9 Å².